The summed E-state index contributed by atoms with van der Waals surface area (Å²) in [7, 11) is 0. The number of rotatable bonds is 1. The minimum Gasteiger partial charge on any atom is -0.329 e. The highest BCUT2D eigenvalue weighted by molar-refractivity contribution is 5.82. The predicted molar refractivity (Wildman–Crippen MR) is 50.8 cm³/mol. The molecule has 1 atom stereocenters. The maximum Gasteiger partial charge on any atom is 0.326 e. The van der Waals surface area contributed by atoms with Crippen molar-refractivity contribution in [2.45, 2.75) is 19.4 Å². The molecule has 1 fully saturated rings. The van der Waals surface area contributed by atoms with Gasteiger partial charge in [0.1, 0.15) is 0 Å². The molecule has 1 saturated heterocycles. The van der Waals surface area contributed by atoms with E-state index in [2.05, 4.69) is 18.0 Å². The first-order valence-electron chi connectivity index (χ1n) is 4.33. The van der Waals surface area contributed by atoms with E-state index in [1.807, 2.05) is 19.1 Å². The number of hydrogen-bond acceptors (Lipinski definition) is 1. The number of urea groups is 1. The summed E-state index contributed by atoms with van der Waals surface area (Å²) in [5.41, 5.74) is 1.78. The van der Waals surface area contributed by atoms with Gasteiger partial charge >= 0.3 is 6.03 Å². The summed E-state index contributed by atoms with van der Waals surface area (Å²) in [6, 6.07) is 0.0849. The Bertz CT molecular complexity index is 328. The molecule has 1 heterocycles. The van der Waals surface area contributed by atoms with E-state index < -0.39 is 0 Å². The number of nitrogens with one attached hydrogen (secondary N) is 1. The van der Waals surface area contributed by atoms with Gasteiger partial charge in [-0.05, 0) is 19.4 Å². The average molecular weight is 176 g/mol. The molecule has 2 aliphatic rings. The Balaban J connectivity index is 2.36. The van der Waals surface area contributed by atoms with Crippen molar-refractivity contribution < 1.29 is 4.79 Å². The van der Waals surface area contributed by atoms with Crippen LogP contribution in [-0.4, -0.2) is 17.0 Å². The van der Waals surface area contributed by atoms with Gasteiger partial charge in [-0.15, -0.1) is 0 Å². The average Bonchev–Trinajstić information content (AvgIpc) is 2.39. The molecule has 13 heavy (non-hydrogen) atoms. The van der Waals surface area contributed by atoms with Crippen LogP contribution in [0, 0.1) is 0 Å². The molecule has 1 unspecified atom stereocenters. The lowest BCUT2D eigenvalue weighted by atomic mass is 10.1. The molecular weight excluding hydrogens is 164 g/mol. The van der Waals surface area contributed by atoms with Gasteiger partial charge in [0.25, 0.3) is 0 Å². The zero-order valence-electron chi connectivity index (χ0n) is 7.58. The van der Waals surface area contributed by atoms with Gasteiger partial charge < -0.3 is 5.32 Å². The van der Waals surface area contributed by atoms with Crippen LogP contribution >= 0.6 is 0 Å². The Morgan fingerprint density at radius 1 is 1.77 bits per heavy atom. The number of fused-ring (bicyclic) bond motifs is 1. The molecule has 2 rings (SSSR count). The Morgan fingerprint density at radius 3 is 3.23 bits per heavy atom. The Kier molecular flexibility index (Phi) is 1.72. The zero-order valence-corrected chi connectivity index (χ0v) is 7.58. The highest BCUT2D eigenvalue weighted by Gasteiger charge is 2.34. The third kappa shape index (κ3) is 1.16. The van der Waals surface area contributed by atoms with E-state index in [1.165, 1.54) is 0 Å². The Labute approximate surface area is 77.4 Å². The first-order chi connectivity index (χ1) is 6.20. The smallest absolute Gasteiger partial charge is 0.326 e. The molecule has 2 amide bonds. The predicted octanol–water partition coefficient (Wildman–Crippen LogP) is 1.76. The van der Waals surface area contributed by atoms with Crippen LogP contribution in [0.25, 0.3) is 0 Å². The maximum absolute atomic E-state index is 11.5. The largest absolute Gasteiger partial charge is 0.329 e. The molecule has 0 aromatic rings. The van der Waals surface area contributed by atoms with Gasteiger partial charge in [-0.1, -0.05) is 18.7 Å². The molecule has 3 nitrogen and oxygen atoms in total. The van der Waals surface area contributed by atoms with Crippen molar-refractivity contribution in [3.63, 3.8) is 0 Å². The van der Waals surface area contributed by atoms with Crippen LogP contribution in [0.2, 0.25) is 0 Å². The molecule has 68 valence electrons. The van der Waals surface area contributed by atoms with Crippen molar-refractivity contribution in [1.82, 2.24) is 10.2 Å². The summed E-state index contributed by atoms with van der Waals surface area (Å²) in [4.78, 5) is 13.1. The van der Waals surface area contributed by atoms with E-state index in [0.717, 1.165) is 17.8 Å². The van der Waals surface area contributed by atoms with E-state index in [9.17, 15) is 4.79 Å². The monoisotopic (exact) mass is 176 g/mol. The fraction of sp³-hybridized carbons (Fsp3) is 0.300. The van der Waals surface area contributed by atoms with Crippen molar-refractivity contribution in [3.05, 3.63) is 36.2 Å². The van der Waals surface area contributed by atoms with Gasteiger partial charge in [0.15, 0.2) is 0 Å². The number of nitrogens with zero attached hydrogens (tertiary/aromatic N) is 1. The van der Waals surface area contributed by atoms with Crippen molar-refractivity contribution in [2.24, 2.45) is 0 Å². The van der Waals surface area contributed by atoms with Crippen molar-refractivity contribution in [3.8, 4) is 0 Å². The van der Waals surface area contributed by atoms with Gasteiger partial charge in [0, 0.05) is 5.70 Å². The van der Waals surface area contributed by atoms with E-state index in [-0.39, 0.29) is 12.1 Å². The lowest BCUT2D eigenvalue weighted by Gasteiger charge is -2.18. The first kappa shape index (κ1) is 8.10. The lowest BCUT2D eigenvalue weighted by molar-refractivity contribution is 0.231. The molecule has 0 spiro atoms. The zero-order chi connectivity index (χ0) is 9.42. The van der Waals surface area contributed by atoms with E-state index in [0.29, 0.717) is 0 Å². The summed E-state index contributed by atoms with van der Waals surface area (Å²) in [6.07, 6.45) is 6.86. The van der Waals surface area contributed by atoms with Crippen LogP contribution < -0.4 is 5.32 Å². The van der Waals surface area contributed by atoms with Gasteiger partial charge in [-0.25, -0.2) is 4.79 Å². The quantitative estimate of drug-likeness (QED) is 0.648. The van der Waals surface area contributed by atoms with Gasteiger partial charge in [0.05, 0.1) is 11.7 Å². The number of allylic oxidation sites excluding steroid dienone is 3. The first-order valence-corrected chi connectivity index (χ1v) is 4.33. The Morgan fingerprint density at radius 2 is 2.54 bits per heavy atom. The standard InChI is InChI=1S/C10H12N2O/c1-7(2)12-9-6-4-3-5-8(9)11-10(12)13/h3-4,6,8H,1,5H2,2H3,(H,11,13). The molecular formula is C10H12N2O. The second kappa shape index (κ2) is 2.76. The second-order valence-corrected chi connectivity index (χ2v) is 3.33. The van der Waals surface area contributed by atoms with Crippen LogP contribution in [-0.2, 0) is 0 Å². The molecule has 0 bridgehead atoms. The van der Waals surface area contributed by atoms with Gasteiger partial charge in [0.2, 0.25) is 0 Å². The van der Waals surface area contributed by atoms with Gasteiger partial charge in [-0.2, -0.15) is 0 Å². The molecule has 1 N–H and O–H groups in total. The summed E-state index contributed by atoms with van der Waals surface area (Å²) < 4.78 is 0. The molecule has 3 heteroatoms. The van der Waals surface area contributed by atoms with Crippen LogP contribution in [0.1, 0.15) is 13.3 Å². The number of carbonyl (C=O) groups excluding carboxylic acids is 1. The molecule has 0 radical (unpaired) electrons. The Hall–Kier alpha value is -1.51. The number of carbonyl (C=O) groups is 1. The minimum absolute atomic E-state index is 0.0625. The molecule has 0 aromatic heterocycles. The second-order valence-electron chi connectivity index (χ2n) is 3.33. The van der Waals surface area contributed by atoms with Crippen LogP contribution in [0.4, 0.5) is 4.79 Å². The van der Waals surface area contributed by atoms with Crippen molar-refractivity contribution in [1.29, 1.82) is 0 Å². The van der Waals surface area contributed by atoms with E-state index in [4.69, 9.17) is 0 Å². The van der Waals surface area contributed by atoms with Crippen LogP contribution in [0.15, 0.2) is 36.2 Å². The highest BCUT2D eigenvalue weighted by atomic mass is 16.2. The summed E-state index contributed by atoms with van der Waals surface area (Å²) in [6.45, 7) is 5.61. The SMILES string of the molecule is C=C(C)N1C(=O)NC2CC=CC=C21. The van der Waals surface area contributed by atoms with E-state index in [1.54, 1.807) is 4.90 Å². The van der Waals surface area contributed by atoms with E-state index >= 15 is 0 Å². The van der Waals surface area contributed by atoms with Crippen LogP contribution in [0.3, 0.4) is 0 Å². The fourth-order valence-corrected chi connectivity index (χ4v) is 1.71. The van der Waals surface area contributed by atoms with Crippen molar-refractivity contribution >= 4 is 6.03 Å². The lowest BCUT2D eigenvalue weighted by Crippen LogP contribution is -2.27. The fourth-order valence-electron chi connectivity index (χ4n) is 1.71. The van der Waals surface area contributed by atoms with Gasteiger partial charge in [-0.3, -0.25) is 4.90 Å². The number of amides is 2. The van der Waals surface area contributed by atoms with Crippen LogP contribution in [0.5, 0.6) is 0 Å². The molecule has 1 aliphatic carbocycles. The highest BCUT2D eigenvalue weighted by Crippen LogP contribution is 2.26. The summed E-state index contributed by atoms with van der Waals surface area (Å²) in [5, 5.41) is 2.89. The minimum atomic E-state index is -0.0625. The third-order valence-electron chi connectivity index (χ3n) is 2.27. The molecule has 0 aromatic carbocycles. The molecule has 1 aliphatic heterocycles. The normalized spacial score (nSPS) is 25.3. The number of hydrogen-bond donors (Lipinski definition) is 1. The van der Waals surface area contributed by atoms with Crippen molar-refractivity contribution in [2.75, 3.05) is 0 Å². The summed E-state index contributed by atoms with van der Waals surface area (Å²) in [5.74, 6) is 0. The third-order valence-corrected chi connectivity index (χ3v) is 2.27. The maximum atomic E-state index is 11.5. The topological polar surface area (TPSA) is 32.3 Å². The molecule has 0 saturated carbocycles. The summed E-state index contributed by atoms with van der Waals surface area (Å²) >= 11 is 0.